The SMILES string of the molecule is CCNC(C)c1nc(Cc2ccc(Cl)cc2)no1. The molecule has 0 fully saturated rings. The van der Waals surface area contributed by atoms with E-state index in [1.807, 2.05) is 38.1 Å². The topological polar surface area (TPSA) is 51.0 Å². The van der Waals surface area contributed by atoms with Gasteiger partial charge in [0.15, 0.2) is 5.82 Å². The van der Waals surface area contributed by atoms with Gasteiger partial charge in [0.1, 0.15) is 0 Å². The summed E-state index contributed by atoms with van der Waals surface area (Å²) in [6.45, 7) is 4.92. The average Bonchev–Trinajstić information content (AvgIpc) is 2.81. The molecule has 18 heavy (non-hydrogen) atoms. The zero-order chi connectivity index (χ0) is 13.0. The third-order valence-electron chi connectivity index (χ3n) is 2.64. The molecule has 5 heteroatoms. The maximum absolute atomic E-state index is 5.84. The van der Waals surface area contributed by atoms with E-state index >= 15 is 0 Å². The predicted octanol–water partition coefficient (Wildman–Crippen LogP) is 2.98. The summed E-state index contributed by atoms with van der Waals surface area (Å²) >= 11 is 5.84. The second-order valence-corrected chi connectivity index (χ2v) is 4.57. The lowest BCUT2D eigenvalue weighted by Crippen LogP contribution is -2.17. The maximum Gasteiger partial charge on any atom is 0.243 e. The lowest BCUT2D eigenvalue weighted by atomic mass is 10.1. The Balaban J connectivity index is 2.04. The van der Waals surface area contributed by atoms with Crippen molar-refractivity contribution in [1.29, 1.82) is 0 Å². The van der Waals surface area contributed by atoms with Gasteiger partial charge in [-0.3, -0.25) is 0 Å². The van der Waals surface area contributed by atoms with Gasteiger partial charge in [-0.05, 0) is 31.2 Å². The van der Waals surface area contributed by atoms with Gasteiger partial charge in [0.2, 0.25) is 5.89 Å². The molecule has 1 heterocycles. The fourth-order valence-electron chi connectivity index (χ4n) is 1.69. The lowest BCUT2D eigenvalue weighted by molar-refractivity contribution is 0.339. The van der Waals surface area contributed by atoms with Crippen LogP contribution in [0.4, 0.5) is 0 Å². The lowest BCUT2D eigenvalue weighted by Gasteiger charge is -2.05. The van der Waals surface area contributed by atoms with Crippen LogP contribution in [-0.2, 0) is 6.42 Å². The first-order chi connectivity index (χ1) is 8.69. The monoisotopic (exact) mass is 265 g/mol. The van der Waals surface area contributed by atoms with Gasteiger partial charge in [0.05, 0.1) is 6.04 Å². The van der Waals surface area contributed by atoms with Gasteiger partial charge < -0.3 is 9.84 Å². The molecule has 0 aliphatic heterocycles. The molecule has 2 rings (SSSR count). The summed E-state index contributed by atoms with van der Waals surface area (Å²) in [6, 6.07) is 7.73. The molecule has 1 atom stereocenters. The van der Waals surface area contributed by atoms with Crippen molar-refractivity contribution in [3.05, 3.63) is 46.6 Å². The second-order valence-electron chi connectivity index (χ2n) is 4.13. The fraction of sp³-hybridized carbons (Fsp3) is 0.385. The minimum Gasteiger partial charge on any atom is -0.338 e. The number of nitrogens with one attached hydrogen (secondary N) is 1. The van der Waals surface area contributed by atoms with Crippen molar-refractivity contribution < 1.29 is 4.52 Å². The highest BCUT2D eigenvalue weighted by Gasteiger charge is 2.13. The molecule has 1 unspecified atom stereocenters. The molecule has 0 aliphatic carbocycles. The summed E-state index contributed by atoms with van der Waals surface area (Å²) in [5.74, 6) is 1.32. The van der Waals surface area contributed by atoms with Gasteiger partial charge in [-0.1, -0.05) is 35.8 Å². The first-order valence-corrected chi connectivity index (χ1v) is 6.37. The molecule has 0 spiro atoms. The van der Waals surface area contributed by atoms with E-state index in [2.05, 4.69) is 15.5 Å². The highest BCUT2D eigenvalue weighted by molar-refractivity contribution is 6.30. The summed E-state index contributed by atoms with van der Waals surface area (Å²) in [5, 5.41) is 7.94. The highest BCUT2D eigenvalue weighted by atomic mass is 35.5. The number of halogens is 1. The van der Waals surface area contributed by atoms with Crippen LogP contribution in [0.25, 0.3) is 0 Å². The minimum atomic E-state index is 0.0847. The van der Waals surface area contributed by atoms with E-state index in [0.29, 0.717) is 18.1 Å². The summed E-state index contributed by atoms with van der Waals surface area (Å²) in [4.78, 5) is 4.37. The van der Waals surface area contributed by atoms with Crippen LogP contribution in [0.1, 0.15) is 37.2 Å². The van der Waals surface area contributed by atoms with Crippen LogP contribution in [0.15, 0.2) is 28.8 Å². The normalized spacial score (nSPS) is 12.6. The first kappa shape index (κ1) is 13.1. The minimum absolute atomic E-state index is 0.0847. The summed E-state index contributed by atoms with van der Waals surface area (Å²) in [5.41, 5.74) is 1.11. The number of aromatic nitrogens is 2. The number of nitrogens with zero attached hydrogens (tertiary/aromatic N) is 2. The van der Waals surface area contributed by atoms with Crippen LogP contribution in [0.5, 0.6) is 0 Å². The van der Waals surface area contributed by atoms with Crippen LogP contribution >= 0.6 is 11.6 Å². The molecule has 0 amide bonds. The van der Waals surface area contributed by atoms with Crippen molar-refractivity contribution in [2.75, 3.05) is 6.54 Å². The van der Waals surface area contributed by atoms with Crippen molar-refractivity contribution in [2.45, 2.75) is 26.3 Å². The fourth-order valence-corrected chi connectivity index (χ4v) is 1.82. The number of hydrogen-bond donors (Lipinski definition) is 1. The maximum atomic E-state index is 5.84. The number of rotatable bonds is 5. The summed E-state index contributed by atoms with van der Waals surface area (Å²) in [6.07, 6.45) is 0.652. The standard InChI is InChI=1S/C13H16ClN3O/c1-3-15-9(2)13-16-12(17-18-13)8-10-4-6-11(14)7-5-10/h4-7,9,15H,3,8H2,1-2H3. The van der Waals surface area contributed by atoms with Crippen molar-refractivity contribution in [3.8, 4) is 0 Å². The molecule has 0 saturated carbocycles. The van der Waals surface area contributed by atoms with Gasteiger partial charge in [0.25, 0.3) is 0 Å². The molecule has 0 saturated heterocycles. The van der Waals surface area contributed by atoms with E-state index in [0.717, 1.165) is 17.1 Å². The molecule has 0 aliphatic rings. The molecule has 1 aromatic heterocycles. The third-order valence-corrected chi connectivity index (χ3v) is 2.89. The Bertz CT molecular complexity index is 495. The first-order valence-electron chi connectivity index (χ1n) is 5.99. The van der Waals surface area contributed by atoms with Crippen molar-refractivity contribution in [3.63, 3.8) is 0 Å². The van der Waals surface area contributed by atoms with Crippen LogP contribution in [0, 0.1) is 0 Å². The Labute approximate surface area is 111 Å². The number of benzene rings is 1. The van der Waals surface area contributed by atoms with E-state index in [4.69, 9.17) is 16.1 Å². The molecular weight excluding hydrogens is 250 g/mol. The highest BCUT2D eigenvalue weighted by Crippen LogP contribution is 2.14. The van der Waals surface area contributed by atoms with Gasteiger partial charge in [-0.2, -0.15) is 4.98 Å². The quantitative estimate of drug-likeness (QED) is 0.903. The second kappa shape index (κ2) is 5.98. The van der Waals surface area contributed by atoms with Crippen molar-refractivity contribution in [2.24, 2.45) is 0 Å². The van der Waals surface area contributed by atoms with Crippen LogP contribution in [0.3, 0.4) is 0 Å². The van der Waals surface area contributed by atoms with E-state index in [1.54, 1.807) is 0 Å². The summed E-state index contributed by atoms with van der Waals surface area (Å²) < 4.78 is 5.23. The predicted molar refractivity (Wildman–Crippen MR) is 70.6 cm³/mol. The largest absolute Gasteiger partial charge is 0.338 e. The van der Waals surface area contributed by atoms with E-state index in [1.165, 1.54) is 0 Å². The Morgan fingerprint density at radius 1 is 1.33 bits per heavy atom. The van der Waals surface area contributed by atoms with E-state index in [-0.39, 0.29) is 6.04 Å². The Morgan fingerprint density at radius 2 is 2.06 bits per heavy atom. The van der Waals surface area contributed by atoms with E-state index in [9.17, 15) is 0 Å². The summed E-state index contributed by atoms with van der Waals surface area (Å²) in [7, 11) is 0. The molecule has 0 bridgehead atoms. The third kappa shape index (κ3) is 3.31. The van der Waals surface area contributed by atoms with Crippen LogP contribution in [-0.4, -0.2) is 16.7 Å². The zero-order valence-corrected chi connectivity index (χ0v) is 11.2. The Morgan fingerprint density at radius 3 is 2.72 bits per heavy atom. The van der Waals surface area contributed by atoms with Crippen molar-refractivity contribution in [1.82, 2.24) is 15.5 Å². The van der Waals surface area contributed by atoms with Gasteiger partial charge >= 0.3 is 0 Å². The molecule has 1 aromatic carbocycles. The molecule has 4 nitrogen and oxygen atoms in total. The molecule has 1 N–H and O–H groups in total. The van der Waals surface area contributed by atoms with Gasteiger partial charge in [-0.25, -0.2) is 0 Å². The van der Waals surface area contributed by atoms with Crippen LogP contribution < -0.4 is 5.32 Å². The van der Waals surface area contributed by atoms with Gasteiger partial charge in [0, 0.05) is 11.4 Å². The van der Waals surface area contributed by atoms with Crippen molar-refractivity contribution >= 4 is 11.6 Å². The molecule has 96 valence electrons. The van der Waals surface area contributed by atoms with Gasteiger partial charge in [-0.15, -0.1) is 0 Å². The van der Waals surface area contributed by atoms with E-state index < -0.39 is 0 Å². The smallest absolute Gasteiger partial charge is 0.243 e. The zero-order valence-electron chi connectivity index (χ0n) is 10.5. The molecule has 2 aromatic rings. The Kier molecular flexibility index (Phi) is 4.33. The average molecular weight is 266 g/mol. The molecular formula is C13H16ClN3O. The Hall–Kier alpha value is -1.39. The number of hydrogen-bond acceptors (Lipinski definition) is 4. The molecule has 0 radical (unpaired) electrons. The van der Waals surface area contributed by atoms with Crippen LogP contribution in [0.2, 0.25) is 5.02 Å².